The summed E-state index contributed by atoms with van der Waals surface area (Å²) in [4.78, 5) is 16.3. The minimum atomic E-state index is -0.383. The van der Waals surface area contributed by atoms with Crippen LogP contribution in [0.4, 0.5) is 10.1 Å². The summed E-state index contributed by atoms with van der Waals surface area (Å²) in [6, 6.07) is 13.6. The molecule has 0 aliphatic carbocycles. The maximum absolute atomic E-state index is 13.1. The molecule has 0 bridgehead atoms. The van der Waals surface area contributed by atoms with Gasteiger partial charge in [-0.05, 0) is 42.5 Å². The Kier molecular flexibility index (Phi) is 5.32. The number of thioether (sulfide) groups is 1. The molecule has 7 heteroatoms. The van der Waals surface area contributed by atoms with Crippen LogP contribution in [0, 0.1) is 5.82 Å². The van der Waals surface area contributed by atoms with Crippen molar-refractivity contribution in [1.29, 1.82) is 0 Å². The number of hydrogen-bond acceptors (Lipinski definition) is 3. The number of halogens is 2. The van der Waals surface area contributed by atoms with E-state index in [0.29, 0.717) is 10.8 Å². The molecule has 0 saturated heterocycles. The fourth-order valence-electron chi connectivity index (χ4n) is 2.09. The molecule has 3 rings (SSSR count). The predicted molar refractivity (Wildman–Crippen MR) is 97.0 cm³/mol. The molecule has 0 aliphatic rings. The molecule has 1 aromatic heterocycles. The van der Waals surface area contributed by atoms with Crippen LogP contribution in [0.2, 0.25) is 0 Å². The van der Waals surface area contributed by atoms with E-state index >= 15 is 0 Å². The van der Waals surface area contributed by atoms with Crippen LogP contribution in [0.5, 0.6) is 0 Å². The lowest BCUT2D eigenvalue weighted by Gasteiger charge is -2.08. The van der Waals surface area contributed by atoms with Gasteiger partial charge in [0.15, 0.2) is 5.16 Å². The Bertz CT molecular complexity index is 851. The largest absolute Gasteiger partial charge is 0.325 e. The number of nitrogens with zero attached hydrogens (tertiary/aromatic N) is 2. The average molecular weight is 406 g/mol. The maximum Gasteiger partial charge on any atom is 0.234 e. The third kappa shape index (κ3) is 4.24. The van der Waals surface area contributed by atoms with Crippen LogP contribution in [-0.4, -0.2) is 21.2 Å². The van der Waals surface area contributed by atoms with E-state index in [2.05, 4.69) is 26.2 Å². The minimum absolute atomic E-state index is 0.185. The van der Waals surface area contributed by atoms with Crippen molar-refractivity contribution >= 4 is 39.3 Å². The van der Waals surface area contributed by atoms with Gasteiger partial charge in [0.1, 0.15) is 5.82 Å². The smallest absolute Gasteiger partial charge is 0.234 e. The van der Waals surface area contributed by atoms with Crippen LogP contribution in [0.1, 0.15) is 0 Å². The highest BCUT2D eigenvalue weighted by atomic mass is 79.9. The van der Waals surface area contributed by atoms with Gasteiger partial charge < -0.3 is 5.32 Å². The molecule has 2 aromatic carbocycles. The molecular formula is C17H13BrFN3OS. The zero-order valence-corrected chi connectivity index (χ0v) is 14.8. The van der Waals surface area contributed by atoms with Crippen LogP contribution in [0.15, 0.2) is 70.6 Å². The maximum atomic E-state index is 13.1. The van der Waals surface area contributed by atoms with Crippen LogP contribution in [0.3, 0.4) is 0 Å². The van der Waals surface area contributed by atoms with Crippen molar-refractivity contribution in [2.24, 2.45) is 0 Å². The summed E-state index contributed by atoms with van der Waals surface area (Å²) in [6.07, 6.45) is 3.53. The zero-order chi connectivity index (χ0) is 16.9. The van der Waals surface area contributed by atoms with Gasteiger partial charge in [-0.2, -0.15) is 0 Å². The number of imidazole rings is 1. The van der Waals surface area contributed by atoms with Gasteiger partial charge in [0.05, 0.1) is 5.75 Å². The minimum Gasteiger partial charge on any atom is -0.325 e. The third-order valence-electron chi connectivity index (χ3n) is 3.15. The number of aromatic nitrogens is 2. The van der Waals surface area contributed by atoms with Crippen molar-refractivity contribution in [2.45, 2.75) is 5.16 Å². The number of benzene rings is 2. The van der Waals surface area contributed by atoms with E-state index < -0.39 is 0 Å². The molecule has 24 heavy (non-hydrogen) atoms. The molecule has 1 heterocycles. The Morgan fingerprint density at radius 3 is 2.79 bits per heavy atom. The monoisotopic (exact) mass is 405 g/mol. The number of nitrogens with one attached hydrogen (secondary N) is 1. The van der Waals surface area contributed by atoms with E-state index in [1.807, 2.05) is 35.0 Å². The van der Waals surface area contributed by atoms with Gasteiger partial charge in [-0.15, -0.1) is 0 Å². The second-order valence-electron chi connectivity index (χ2n) is 4.90. The van der Waals surface area contributed by atoms with Crippen LogP contribution >= 0.6 is 27.7 Å². The summed E-state index contributed by atoms with van der Waals surface area (Å²) in [5.41, 5.74) is 1.40. The number of carbonyl (C=O) groups excluding carboxylic acids is 1. The molecule has 0 aliphatic heterocycles. The normalized spacial score (nSPS) is 10.6. The van der Waals surface area contributed by atoms with E-state index in [9.17, 15) is 9.18 Å². The molecule has 0 spiro atoms. The zero-order valence-electron chi connectivity index (χ0n) is 12.4. The first-order chi connectivity index (χ1) is 11.6. The topological polar surface area (TPSA) is 46.9 Å². The van der Waals surface area contributed by atoms with E-state index in [-0.39, 0.29) is 17.5 Å². The molecule has 3 aromatic rings. The highest BCUT2D eigenvalue weighted by Gasteiger charge is 2.09. The molecule has 4 nitrogen and oxygen atoms in total. The van der Waals surface area contributed by atoms with Crippen molar-refractivity contribution in [3.63, 3.8) is 0 Å². The number of rotatable bonds is 5. The molecule has 1 N–H and O–H groups in total. The van der Waals surface area contributed by atoms with E-state index in [1.165, 1.54) is 23.9 Å². The average Bonchev–Trinajstić information content (AvgIpc) is 3.02. The van der Waals surface area contributed by atoms with E-state index in [4.69, 9.17) is 0 Å². The van der Waals surface area contributed by atoms with Crippen molar-refractivity contribution in [3.8, 4) is 5.69 Å². The lowest BCUT2D eigenvalue weighted by molar-refractivity contribution is -0.113. The Morgan fingerprint density at radius 2 is 2.04 bits per heavy atom. The van der Waals surface area contributed by atoms with E-state index in [0.717, 1.165) is 10.2 Å². The van der Waals surface area contributed by atoms with Gasteiger partial charge in [-0.3, -0.25) is 9.36 Å². The van der Waals surface area contributed by atoms with Crippen LogP contribution in [0.25, 0.3) is 5.69 Å². The summed E-state index contributed by atoms with van der Waals surface area (Å²) in [5, 5.41) is 3.38. The second-order valence-corrected chi connectivity index (χ2v) is 6.76. The van der Waals surface area contributed by atoms with Crippen molar-refractivity contribution in [3.05, 3.63) is 71.2 Å². The van der Waals surface area contributed by atoms with Crippen LogP contribution < -0.4 is 5.32 Å². The Balaban J connectivity index is 1.64. The Labute approximate surface area is 151 Å². The summed E-state index contributed by atoms with van der Waals surface area (Å²) in [6.45, 7) is 0. The standard InChI is InChI=1S/C17H13BrFN3OS/c18-12-4-6-15(7-5-12)22-9-8-20-17(22)24-11-16(23)21-14-3-1-2-13(19)10-14/h1-10H,11H2,(H,21,23). The fraction of sp³-hybridized carbons (Fsp3) is 0.0588. The van der Waals surface area contributed by atoms with Crippen LogP contribution in [-0.2, 0) is 4.79 Å². The Morgan fingerprint density at radius 1 is 1.25 bits per heavy atom. The third-order valence-corrected chi connectivity index (χ3v) is 4.65. The number of amides is 1. The molecule has 0 unspecified atom stereocenters. The van der Waals surface area contributed by atoms with Gasteiger partial charge in [0.25, 0.3) is 0 Å². The lowest BCUT2D eigenvalue weighted by Crippen LogP contribution is -2.14. The summed E-state index contributed by atoms with van der Waals surface area (Å²) in [5.74, 6) is -0.411. The number of anilines is 1. The molecule has 0 atom stereocenters. The number of hydrogen-bond donors (Lipinski definition) is 1. The van der Waals surface area contributed by atoms with Crippen molar-refractivity contribution < 1.29 is 9.18 Å². The molecular weight excluding hydrogens is 393 g/mol. The second kappa shape index (κ2) is 7.63. The van der Waals surface area contributed by atoms with Gasteiger partial charge in [0, 0.05) is 28.2 Å². The lowest BCUT2D eigenvalue weighted by atomic mass is 10.3. The van der Waals surface area contributed by atoms with Gasteiger partial charge >= 0.3 is 0 Å². The van der Waals surface area contributed by atoms with Gasteiger partial charge in [0.2, 0.25) is 5.91 Å². The summed E-state index contributed by atoms with van der Waals surface area (Å²) >= 11 is 4.72. The highest BCUT2D eigenvalue weighted by molar-refractivity contribution is 9.10. The first-order valence-corrected chi connectivity index (χ1v) is 8.87. The predicted octanol–water partition coefficient (Wildman–Crippen LogP) is 4.50. The summed E-state index contributed by atoms with van der Waals surface area (Å²) in [7, 11) is 0. The molecule has 1 amide bonds. The molecule has 0 saturated carbocycles. The molecule has 122 valence electrons. The van der Waals surface area contributed by atoms with Gasteiger partial charge in [-0.1, -0.05) is 33.8 Å². The van der Waals surface area contributed by atoms with Crippen molar-refractivity contribution in [2.75, 3.05) is 11.1 Å². The Hall–Kier alpha value is -2.12. The quantitative estimate of drug-likeness (QED) is 0.635. The molecule has 0 fully saturated rings. The summed E-state index contributed by atoms with van der Waals surface area (Å²) < 4.78 is 16.0. The number of carbonyl (C=O) groups is 1. The van der Waals surface area contributed by atoms with Crippen molar-refractivity contribution in [1.82, 2.24) is 9.55 Å². The molecule has 0 radical (unpaired) electrons. The van der Waals surface area contributed by atoms with E-state index in [1.54, 1.807) is 18.3 Å². The fourth-order valence-corrected chi connectivity index (χ4v) is 3.13. The highest BCUT2D eigenvalue weighted by Crippen LogP contribution is 2.22. The SMILES string of the molecule is O=C(CSc1nccn1-c1ccc(Br)cc1)Nc1cccc(F)c1. The first kappa shape index (κ1) is 16.7. The van der Waals surface area contributed by atoms with Gasteiger partial charge in [-0.25, -0.2) is 9.37 Å². The first-order valence-electron chi connectivity index (χ1n) is 7.09.